The summed E-state index contributed by atoms with van der Waals surface area (Å²) < 4.78 is 16.8. The Morgan fingerprint density at radius 1 is 0.323 bits per heavy atom. The fraction of sp³-hybridized carbons (Fsp3) is 0.780. The van der Waals surface area contributed by atoms with Crippen molar-refractivity contribution < 1.29 is 28.6 Å². The molecule has 0 rings (SSSR count). The molecule has 0 aromatic rings. The minimum Gasteiger partial charge on any atom is -0.462 e. The lowest BCUT2D eigenvalue weighted by Gasteiger charge is -2.18. The summed E-state index contributed by atoms with van der Waals surface area (Å²) in [6.45, 7) is 6.47. The number of ether oxygens (including phenoxy) is 3. The van der Waals surface area contributed by atoms with E-state index in [1.807, 2.05) is 0 Å². The van der Waals surface area contributed by atoms with Gasteiger partial charge in [0.05, 0.1) is 0 Å². The number of carbonyl (C=O) groups is 3. The Morgan fingerprint density at radius 2 is 0.615 bits per heavy atom. The summed E-state index contributed by atoms with van der Waals surface area (Å²) >= 11 is 0. The molecule has 0 aromatic heterocycles. The van der Waals surface area contributed by atoms with E-state index in [1.165, 1.54) is 141 Å². The van der Waals surface area contributed by atoms with E-state index in [4.69, 9.17) is 14.2 Å². The minimum absolute atomic E-state index is 0.0886. The molecule has 0 aliphatic heterocycles. The molecule has 0 aromatic carbocycles. The molecule has 0 saturated carbocycles. The van der Waals surface area contributed by atoms with Crippen LogP contribution in [0.15, 0.2) is 60.8 Å². The van der Waals surface area contributed by atoms with Gasteiger partial charge in [0.1, 0.15) is 13.2 Å². The lowest BCUT2D eigenvalue weighted by atomic mass is 10.0. The maximum atomic E-state index is 12.8. The van der Waals surface area contributed by atoms with Gasteiger partial charge in [-0.1, -0.05) is 242 Å². The highest BCUT2D eigenvalue weighted by molar-refractivity contribution is 5.71. The molecule has 0 amide bonds. The predicted octanol–water partition coefficient (Wildman–Crippen LogP) is 18.4. The zero-order valence-electron chi connectivity index (χ0n) is 43.0. The third kappa shape index (κ3) is 51.9. The Balaban J connectivity index is 4.31. The van der Waals surface area contributed by atoms with Gasteiger partial charge in [-0.3, -0.25) is 14.4 Å². The second-order valence-electron chi connectivity index (χ2n) is 18.5. The van der Waals surface area contributed by atoms with Gasteiger partial charge in [0.25, 0.3) is 0 Å². The average Bonchev–Trinajstić information content (AvgIpc) is 3.30. The van der Waals surface area contributed by atoms with Gasteiger partial charge >= 0.3 is 17.9 Å². The second-order valence-corrected chi connectivity index (χ2v) is 18.5. The zero-order chi connectivity index (χ0) is 47.2. The van der Waals surface area contributed by atoms with E-state index in [0.717, 1.165) is 96.3 Å². The van der Waals surface area contributed by atoms with Gasteiger partial charge in [0.15, 0.2) is 6.10 Å². The quantitative estimate of drug-likeness (QED) is 0.0262. The molecule has 0 saturated heterocycles. The van der Waals surface area contributed by atoms with E-state index >= 15 is 0 Å². The van der Waals surface area contributed by atoms with Gasteiger partial charge in [-0.05, 0) is 77.0 Å². The summed E-state index contributed by atoms with van der Waals surface area (Å²) in [6.07, 6.45) is 66.5. The van der Waals surface area contributed by atoms with E-state index in [-0.39, 0.29) is 31.1 Å². The number of allylic oxidation sites excluding steroid dienone is 10. The number of esters is 3. The Morgan fingerprint density at radius 3 is 1.03 bits per heavy atom. The second kappa shape index (κ2) is 53.7. The van der Waals surface area contributed by atoms with Crippen molar-refractivity contribution in [3.8, 4) is 0 Å². The topological polar surface area (TPSA) is 78.9 Å². The van der Waals surface area contributed by atoms with Crippen LogP contribution in [0.3, 0.4) is 0 Å². The van der Waals surface area contributed by atoms with Crippen LogP contribution < -0.4 is 0 Å². The highest BCUT2D eigenvalue weighted by atomic mass is 16.6. The standard InChI is InChI=1S/C59H104O6/c1-4-7-10-13-16-19-22-24-26-27-28-29-30-31-33-35-38-40-43-46-49-52-58(61)64-55-56(65-59(62)53-50-47-44-41-36-21-18-15-12-9-6-3)54-63-57(60)51-48-45-42-39-37-34-32-25-23-20-17-14-11-8-5-2/h8,11,15,17-18,20,25,32,37,39,56H,4-7,9-10,12-14,16,19,21-24,26-31,33-36,38,40-55H2,1-3H3/b11-8-,18-15-,20-17-,32-25-,39-37-/t56-/m1/s1. The summed E-state index contributed by atoms with van der Waals surface area (Å²) in [7, 11) is 0. The maximum absolute atomic E-state index is 12.8. The zero-order valence-corrected chi connectivity index (χ0v) is 43.0. The van der Waals surface area contributed by atoms with Crippen molar-refractivity contribution in [3.63, 3.8) is 0 Å². The molecule has 0 N–H and O–H groups in total. The first-order valence-corrected chi connectivity index (χ1v) is 27.8. The highest BCUT2D eigenvalue weighted by Crippen LogP contribution is 2.16. The van der Waals surface area contributed by atoms with Gasteiger partial charge in [0, 0.05) is 19.3 Å². The molecule has 1 atom stereocenters. The Kier molecular flexibility index (Phi) is 51.3. The smallest absolute Gasteiger partial charge is 0.306 e. The van der Waals surface area contributed by atoms with Gasteiger partial charge < -0.3 is 14.2 Å². The molecule has 376 valence electrons. The van der Waals surface area contributed by atoms with Crippen molar-refractivity contribution in [1.82, 2.24) is 0 Å². The van der Waals surface area contributed by atoms with Crippen LogP contribution >= 0.6 is 0 Å². The van der Waals surface area contributed by atoms with Gasteiger partial charge in [-0.25, -0.2) is 0 Å². The molecule has 0 radical (unpaired) electrons. The number of carbonyl (C=O) groups excluding carboxylic acids is 3. The fourth-order valence-electron chi connectivity index (χ4n) is 7.83. The van der Waals surface area contributed by atoms with Crippen LogP contribution in [-0.4, -0.2) is 37.2 Å². The van der Waals surface area contributed by atoms with Crippen LogP contribution in [0.1, 0.15) is 278 Å². The molecule has 6 nitrogen and oxygen atoms in total. The van der Waals surface area contributed by atoms with Gasteiger partial charge in [0.2, 0.25) is 0 Å². The van der Waals surface area contributed by atoms with E-state index in [1.54, 1.807) is 0 Å². The largest absolute Gasteiger partial charge is 0.462 e. The van der Waals surface area contributed by atoms with Crippen molar-refractivity contribution >= 4 is 17.9 Å². The molecule has 0 spiro atoms. The van der Waals surface area contributed by atoms with Crippen molar-refractivity contribution in [3.05, 3.63) is 60.8 Å². The highest BCUT2D eigenvalue weighted by Gasteiger charge is 2.19. The maximum Gasteiger partial charge on any atom is 0.306 e. The summed E-state index contributed by atoms with van der Waals surface area (Å²) in [4.78, 5) is 38.0. The van der Waals surface area contributed by atoms with Gasteiger partial charge in [-0.2, -0.15) is 0 Å². The van der Waals surface area contributed by atoms with E-state index < -0.39 is 6.10 Å². The summed E-state index contributed by atoms with van der Waals surface area (Å²) in [5.74, 6) is -0.934. The van der Waals surface area contributed by atoms with Crippen LogP contribution in [-0.2, 0) is 28.6 Å². The summed E-state index contributed by atoms with van der Waals surface area (Å²) in [6, 6.07) is 0. The fourth-order valence-corrected chi connectivity index (χ4v) is 7.83. The van der Waals surface area contributed by atoms with E-state index in [2.05, 4.69) is 81.5 Å². The molecule has 6 heteroatoms. The van der Waals surface area contributed by atoms with Crippen molar-refractivity contribution in [2.45, 2.75) is 284 Å². The number of rotatable bonds is 50. The number of hydrogen-bond acceptors (Lipinski definition) is 6. The third-order valence-corrected chi connectivity index (χ3v) is 12.0. The molecule has 65 heavy (non-hydrogen) atoms. The molecule has 0 bridgehead atoms. The molecule has 0 heterocycles. The van der Waals surface area contributed by atoms with Crippen molar-refractivity contribution in [2.75, 3.05) is 13.2 Å². The molecule has 0 aliphatic rings. The first-order valence-electron chi connectivity index (χ1n) is 27.8. The molecule has 0 unspecified atom stereocenters. The van der Waals surface area contributed by atoms with Crippen LogP contribution in [0.4, 0.5) is 0 Å². The monoisotopic (exact) mass is 909 g/mol. The lowest BCUT2D eigenvalue weighted by molar-refractivity contribution is -0.167. The number of hydrogen-bond donors (Lipinski definition) is 0. The SMILES string of the molecule is CC/C=C\C/C=C\C/C=C\C/C=C\CCCCC(=O)OC[C@H](COC(=O)CCCCCCCCCCCCCCCCCCCCCCC)OC(=O)CCCCCCC/C=C\CCCC. The Bertz CT molecular complexity index is 1180. The van der Waals surface area contributed by atoms with Crippen LogP contribution in [0.25, 0.3) is 0 Å². The van der Waals surface area contributed by atoms with Crippen molar-refractivity contribution in [2.24, 2.45) is 0 Å². The van der Waals surface area contributed by atoms with Crippen LogP contribution in [0, 0.1) is 0 Å². The predicted molar refractivity (Wildman–Crippen MR) is 279 cm³/mol. The molecular formula is C59H104O6. The minimum atomic E-state index is -0.793. The Hall–Kier alpha value is -2.89. The lowest BCUT2D eigenvalue weighted by Crippen LogP contribution is -2.30. The first kappa shape index (κ1) is 62.1. The molecule has 0 aliphatic carbocycles. The molecule has 0 fully saturated rings. The van der Waals surface area contributed by atoms with E-state index in [0.29, 0.717) is 19.3 Å². The van der Waals surface area contributed by atoms with E-state index in [9.17, 15) is 14.4 Å². The van der Waals surface area contributed by atoms with Crippen molar-refractivity contribution in [1.29, 1.82) is 0 Å². The number of unbranched alkanes of at least 4 members (excludes halogenated alkanes) is 29. The third-order valence-electron chi connectivity index (χ3n) is 12.0. The summed E-state index contributed by atoms with van der Waals surface area (Å²) in [5, 5.41) is 0. The Labute approximate surface area is 402 Å². The average molecular weight is 909 g/mol. The van der Waals surface area contributed by atoms with Crippen LogP contribution in [0.5, 0.6) is 0 Å². The normalized spacial score (nSPS) is 12.5. The van der Waals surface area contributed by atoms with Gasteiger partial charge in [-0.15, -0.1) is 0 Å². The summed E-state index contributed by atoms with van der Waals surface area (Å²) in [5.41, 5.74) is 0. The first-order chi connectivity index (χ1) is 32.0. The molecular weight excluding hydrogens is 805 g/mol. The van der Waals surface area contributed by atoms with Crippen LogP contribution in [0.2, 0.25) is 0 Å².